The molecular weight excluding hydrogens is 383 g/mol. The molecule has 2 aromatic heterocycles. The van der Waals surface area contributed by atoms with E-state index in [-0.39, 0.29) is 11.3 Å². The van der Waals surface area contributed by atoms with Crippen molar-refractivity contribution >= 4 is 17.8 Å². The number of ether oxygens (including phenoxy) is 1. The van der Waals surface area contributed by atoms with Crippen LogP contribution in [0.5, 0.6) is 5.75 Å². The van der Waals surface area contributed by atoms with Gasteiger partial charge in [-0.15, -0.1) is 13.2 Å². The van der Waals surface area contributed by atoms with E-state index < -0.39 is 35.4 Å². The number of anilines is 1. The zero-order valence-corrected chi connectivity index (χ0v) is 13.7. The molecule has 0 aliphatic rings. The van der Waals surface area contributed by atoms with E-state index in [1.807, 2.05) is 0 Å². The Morgan fingerprint density at radius 1 is 1.14 bits per heavy atom. The predicted molar refractivity (Wildman–Crippen MR) is 87.8 cm³/mol. The first-order chi connectivity index (χ1) is 13.2. The Morgan fingerprint density at radius 2 is 1.86 bits per heavy atom. The number of halogens is 3. The zero-order valence-electron chi connectivity index (χ0n) is 13.7. The lowest BCUT2D eigenvalue weighted by molar-refractivity contribution is -0.274. The maximum atomic E-state index is 12.3. The van der Waals surface area contributed by atoms with E-state index in [0.717, 1.165) is 24.3 Å². The highest BCUT2D eigenvalue weighted by atomic mass is 19.4. The second-order valence-corrected chi connectivity index (χ2v) is 5.31. The largest absolute Gasteiger partial charge is 0.573 e. The number of alkyl halides is 3. The highest BCUT2D eigenvalue weighted by Gasteiger charge is 2.31. The van der Waals surface area contributed by atoms with E-state index in [9.17, 15) is 27.9 Å². The summed E-state index contributed by atoms with van der Waals surface area (Å²) in [7, 11) is 0. The van der Waals surface area contributed by atoms with Crippen molar-refractivity contribution in [3.05, 3.63) is 59.9 Å². The Balaban J connectivity index is 1.83. The quantitative estimate of drug-likeness (QED) is 0.681. The second-order valence-electron chi connectivity index (χ2n) is 5.31. The lowest BCUT2D eigenvalue weighted by Crippen LogP contribution is -2.17. The normalized spacial score (nSPS) is 11.1. The standard InChI is InChI=1S/C17H10F3N3O5/c18-17(19,20)27-11-5-3-9(4-6-11)14(24)22-15-12(16(25)26)13(23-28-15)10-2-1-7-21-8-10/h1-8H,(H,22,24)(H,25,26). The summed E-state index contributed by atoms with van der Waals surface area (Å²) < 4.78 is 45.2. The van der Waals surface area contributed by atoms with Crippen molar-refractivity contribution < 1.29 is 37.1 Å². The van der Waals surface area contributed by atoms with Gasteiger partial charge in [0.15, 0.2) is 5.56 Å². The van der Waals surface area contributed by atoms with Crippen LogP contribution >= 0.6 is 0 Å². The molecule has 8 nitrogen and oxygen atoms in total. The van der Waals surface area contributed by atoms with E-state index in [1.54, 1.807) is 12.1 Å². The first-order valence-electron chi connectivity index (χ1n) is 7.55. The van der Waals surface area contributed by atoms with Crippen LogP contribution in [-0.4, -0.2) is 33.5 Å². The summed E-state index contributed by atoms with van der Waals surface area (Å²) in [6.07, 6.45) is -2.00. The molecule has 0 saturated carbocycles. The number of benzene rings is 1. The van der Waals surface area contributed by atoms with Crippen LogP contribution in [0.2, 0.25) is 0 Å². The number of carbonyl (C=O) groups is 2. The fourth-order valence-electron chi connectivity index (χ4n) is 2.26. The molecule has 3 rings (SSSR count). The molecule has 0 atom stereocenters. The number of nitrogens with zero attached hydrogens (tertiary/aromatic N) is 2. The Bertz CT molecular complexity index is 1000. The average Bonchev–Trinajstić information content (AvgIpc) is 3.05. The summed E-state index contributed by atoms with van der Waals surface area (Å²) in [5.41, 5.74) is -0.119. The third kappa shape index (κ3) is 4.26. The highest BCUT2D eigenvalue weighted by molar-refractivity contribution is 6.08. The predicted octanol–water partition coefficient (Wildman–Crippen LogP) is 3.59. The van der Waals surface area contributed by atoms with Crippen molar-refractivity contribution in [1.82, 2.24) is 10.1 Å². The first kappa shape index (κ1) is 18.9. The fourth-order valence-corrected chi connectivity index (χ4v) is 2.26. The molecule has 0 radical (unpaired) electrons. The van der Waals surface area contributed by atoms with Gasteiger partial charge in [0, 0.05) is 23.5 Å². The molecule has 0 bridgehead atoms. The fraction of sp³-hybridized carbons (Fsp3) is 0.0588. The first-order valence-corrected chi connectivity index (χ1v) is 7.55. The lowest BCUT2D eigenvalue weighted by atomic mass is 10.1. The van der Waals surface area contributed by atoms with Crippen molar-refractivity contribution in [2.75, 3.05) is 5.32 Å². The maximum Gasteiger partial charge on any atom is 0.573 e. The molecule has 0 aliphatic carbocycles. The van der Waals surface area contributed by atoms with Crippen LogP contribution in [-0.2, 0) is 0 Å². The molecule has 2 N–H and O–H groups in total. The number of hydrogen-bond donors (Lipinski definition) is 2. The van der Waals surface area contributed by atoms with Gasteiger partial charge in [0.25, 0.3) is 5.91 Å². The molecular formula is C17H10F3N3O5. The van der Waals surface area contributed by atoms with Gasteiger partial charge in [0.1, 0.15) is 11.4 Å². The third-order valence-corrected chi connectivity index (χ3v) is 3.42. The van der Waals surface area contributed by atoms with Crippen LogP contribution in [0.25, 0.3) is 11.3 Å². The van der Waals surface area contributed by atoms with Crippen molar-refractivity contribution in [1.29, 1.82) is 0 Å². The van der Waals surface area contributed by atoms with Gasteiger partial charge in [-0.1, -0.05) is 5.16 Å². The number of carbonyl (C=O) groups excluding carboxylic acids is 1. The average molecular weight is 393 g/mol. The van der Waals surface area contributed by atoms with E-state index >= 15 is 0 Å². The number of aromatic carboxylic acids is 1. The number of amides is 1. The Kier molecular flexibility index (Phi) is 4.98. The van der Waals surface area contributed by atoms with Gasteiger partial charge < -0.3 is 14.4 Å². The lowest BCUT2D eigenvalue weighted by Gasteiger charge is -2.09. The molecule has 11 heteroatoms. The number of carboxylic acids is 1. The highest BCUT2D eigenvalue weighted by Crippen LogP contribution is 2.29. The summed E-state index contributed by atoms with van der Waals surface area (Å²) in [5, 5.41) is 15.3. The summed E-state index contributed by atoms with van der Waals surface area (Å²) in [6.45, 7) is 0. The SMILES string of the molecule is O=C(Nc1onc(-c2cccnc2)c1C(=O)O)c1ccc(OC(F)(F)F)cc1. The molecule has 144 valence electrons. The number of aromatic nitrogens is 2. The van der Waals surface area contributed by atoms with Gasteiger partial charge >= 0.3 is 12.3 Å². The van der Waals surface area contributed by atoms with Crippen LogP contribution in [0.1, 0.15) is 20.7 Å². The Morgan fingerprint density at radius 3 is 2.43 bits per heavy atom. The van der Waals surface area contributed by atoms with Gasteiger partial charge in [-0.05, 0) is 36.4 Å². The molecule has 3 aromatic rings. The van der Waals surface area contributed by atoms with Gasteiger partial charge in [-0.3, -0.25) is 15.1 Å². The molecule has 0 spiro atoms. The minimum absolute atomic E-state index is 0.0372. The van der Waals surface area contributed by atoms with Crippen molar-refractivity contribution in [3.8, 4) is 17.0 Å². The number of nitrogens with one attached hydrogen (secondary N) is 1. The summed E-state index contributed by atoms with van der Waals surface area (Å²) in [4.78, 5) is 27.7. The van der Waals surface area contributed by atoms with Crippen molar-refractivity contribution in [2.45, 2.75) is 6.36 Å². The third-order valence-electron chi connectivity index (χ3n) is 3.42. The Labute approximate surface area is 154 Å². The van der Waals surface area contributed by atoms with Crippen LogP contribution in [0.15, 0.2) is 53.3 Å². The van der Waals surface area contributed by atoms with Gasteiger partial charge in [-0.25, -0.2) is 4.79 Å². The van der Waals surface area contributed by atoms with Gasteiger partial charge in [0.2, 0.25) is 5.88 Å². The van der Waals surface area contributed by atoms with Crippen LogP contribution in [0.3, 0.4) is 0 Å². The van der Waals surface area contributed by atoms with E-state index in [4.69, 9.17) is 4.52 Å². The van der Waals surface area contributed by atoms with Crippen LogP contribution in [0.4, 0.5) is 19.1 Å². The second kappa shape index (κ2) is 7.39. The molecule has 0 unspecified atom stereocenters. The monoisotopic (exact) mass is 393 g/mol. The molecule has 1 amide bonds. The number of carboxylic acid groups (broad SMARTS) is 1. The molecule has 0 fully saturated rings. The number of pyridine rings is 1. The van der Waals surface area contributed by atoms with Gasteiger partial charge in [-0.2, -0.15) is 0 Å². The summed E-state index contributed by atoms with van der Waals surface area (Å²) in [5.74, 6) is -3.14. The Hall–Kier alpha value is -3.89. The molecule has 2 heterocycles. The summed E-state index contributed by atoms with van der Waals surface area (Å²) >= 11 is 0. The van der Waals surface area contributed by atoms with Crippen molar-refractivity contribution in [2.24, 2.45) is 0 Å². The molecule has 28 heavy (non-hydrogen) atoms. The van der Waals surface area contributed by atoms with Crippen LogP contribution < -0.4 is 10.1 Å². The van der Waals surface area contributed by atoms with Crippen molar-refractivity contribution in [3.63, 3.8) is 0 Å². The van der Waals surface area contributed by atoms with Crippen LogP contribution in [0, 0.1) is 0 Å². The van der Waals surface area contributed by atoms with Gasteiger partial charge in [0.05, 0.1) is 0 Å². The smallest absolute Gasteiger partial charge is 0.477 e. The van der Waals surface area contributed by atoms with E-state index in [1.165, 1.54) is 12.4 Å². The van der Waals surface area contributed by atoms with E-state index in [2.05, 4.69) is 20.2 Å². The summed E-state index contributed by atoms with van der Waals surface area (Å²) in [6, 6.07) is 7.18. The number of hydrogen-bond acceptors (Lipinski definition) is 6. The topological polar surface area (TPSA) is 115 Å². The molecule has 0 saturated heterocycles. The maximum absolute atomic E-state index is 12.3. The molecule has 1 aromatic carbocycles. The van der Waals surface area contributed by atoms with E-state index in [0.29, 0.717) is 5.56 Å². The number of rotatable bonds is 5. The molecule has 0 aliphatic heterocycles. The minimum Gasteiger partial charge on any atom is -0.477 e. The minimum atomic E-state index is -4.86. The zero-order chi connectivity index (χ0) is 20.3.